The van der Waals surface area contributed by atoms with E-state index in [2.05, 4.69) is 91.3 Å². The minimum absolute atomic E-state index is 0.155. The number of carbonyl (C=O) groups is 2. The van der Waals surface area contributed by atoms with Crippen molar-refractivity contribution >= 4 is 19.8 Å². The van der Waals surface area contributed by atoms with Crippen molar-refractivity contribution in [3.63, 3.8) is 0 Å². The number of unbranched alkanes of at least 4 members (excludes halogenated alkanes) is 9. The van der Waals surface area contributed by atoms with E-state index in [0.29, 0.717) is 12.8 Å². The molecule has 0 radical (unpaired) electrons. The molecule has 0 aliphatic rings. The molecule has 0 fully saturated rings. The van der Waals surface area contributed by atoms with Gasteiger partial charge >= 0.3 is 19.8 Å². The van der Waals surface area contributed by atoms with Crippen LogP contribution in [0.5, 0.6) is 0 Å². The monoisotopic (exact) mass is 752 g/mol. The fraction of sp³-hybridized carbons (Fsp3) is 0.659. The molecular formula is C41H69O10P. The van der Waals surface area contributed by atoms with Crippen LogP contribution in [0.25, 0.3) is 0 Å². The summed E-state index contributed by atoms with van der Waals surface area (Å²) < 4.78 is 32.5. The largest absolute Gasteiger partial charge is 0.472 e. The lowest BCUT2D eigenvalue weighted by molar-refractivity contribution is -0.161. The van der Waals surface area contributed by atoms with Gasteiger partial charge in [-0.15, -0.1) is 0 Å². The zero-order chi connectivity index (χ0) is 38.4. The maximum absolute atomic E-state index is 12.6. The van der Waals surface area contributed by atoms with Crippen molar-refractivity contribution in [2.24, 2.45) is 0 Å². The van der Waals surface area contributed by atoms with Gasteiger partial charge in [0.1, 0.15) is 12.7 Å². The fourth-order valence-electron chi connectivity index (χ4n) is 4.59. The number of ether oxygens (including phenoxy) is 2. The first kappa shape index (κ1) is 49.4. The van der Waals surface area contributed by atoms with Gasteiger partial charge in [0.2, 0.25) is 0 Å². The van der Waals surface area contributed by atoms with E-state index in [-0.39, 0.29) is 19.4 Å². The highest BCUT2D eigenvalue weighted by molar-refractivity contribution is 7.47. The van der Waals surface area contributed by atoms with Crippen LogP contribution in [0, 0.1) is 0 Å². The van der Waals surface area contributed by atoms with E-state index >= 15 is 0 Å². The molecule has 0 spiro atoms. The Hall–Kier alpha value is -2.59. The molecule has 3 N–H and O–H groups in total. The normalized spacial score (nSPS) is 14.8. The Labute approximate surface area is 314 Å². The second-order valence-electron chi connectivity index (χ2n) is 12.6. The molecule has 0 heterocycles. The first-order valence-corrected chi connectivity index (χ1v) is 20.9. The molecule has 298 valence electrons. The first-order valence-electron chi connectivity index (χ1n) is 19.4. The molecular weight excluding hydrogens is 683 g/mol. The number of aliphatic hydroxyl groups is 2. The van der Waals surface area contributed by atoms with Crippen molar-refractivity contribution in [1.29, 1.82) is 0 Å². The summed E-state index contributed by atoms with van der Waals surface area (Å²) >= 11 is 0. The maximum Gasteiger partial charge on any atom is 0.472 e. The molecule has 3 atom stereocenters. The molecule has 0 aromatic carbocycles. The van der Waals surface area contributed by atoms with Crippen molar-refractivity contribution in [3.05, 3.63) is 72.9 Å². The fourth-order valence-corrected chi connectivity index (χ4v) is 5.38. The van der Waals surface area contributed by atoms with Gasteiger partial charge in [-0.1, -0.05) is 119 Å². The Kier molecular flexibility index (Phi) is 34.9. The molecule has 0 amide bonds. The van der Waals surface area contributed by atoms with E-state index < -0.39 is 51.8 Å². The first-order chi connectivity index (χ1) is 25.2. The molecule has 0 saturated carbocycles. The van der Waals surface area contributed by atoms with Crippen LogP contribution in [0.15, 0.2) is 72.9 Å². The third-order valence-electron chi connectivity index (χ3n) is 7.59. The van der Waals surface area contributed by atoms with E-state index in [1.54, 1.807) is 0 Å². The lowest BCUT2D eigenvalue weighted by atomic mass is 10.1. The summed E-state index contributed by atoms with van der Waals surface area (Å²) in [5, 5.41) is 18.3. The van der Waals surface area contributed by atoms with Gasteiger partial charge in [0.15, 0.2) is 6.10 Å². The molecule has 0 aliphatic carbocycles. The van der Waals surface area contributed by atoms with Gasteiger partial charge in [0, 0.05) is 12.8 Å². The number of carbonyl (C=O) groups excluding carboxylic acids is 2. The molecule has 11 heteroatoms. The minimum atomic E-state index is -4.63. The molecule has 1 unspecified atom stereocenters. The van der Waals surface area contributed by atoms with E-state index in [1.165, 1.54) is 12.8 Å². The third kappa shape index (κ3) is 35.8. The summed E-state index contributed by atoms with van der Waals surface area (Å²) in [5.41, 5.74) is 0. The number of phosphoric ester groups is 1. The molecule has 10 nitrogen and oxygen atoms in total. The Bertz CT molecular complexity index is 1100. The van der Waals surface area contributed by atoms with Gasteiger partial charge in [0.05, 0.1) is 19.8 Å². The number of allylic oxidation sites excluding steroid dienone is 12. The summed E-state index contributed by atoms with van der Waals surface area (Å²) in [6.07, 6.45) is 40.2. The number of phosphoric acid groups is 1. The SMILES string of the molecule is CC/C=C\C/C=C\C/C=C\C/C=C\CCCCC(=O)OC[C@H](COP(=O)(O)OC[C@@H](O)CO)OC(=O)CCCCCCC/C=C\C/C=C\CCCC. The lowest BCUT2D eigenvalue weighted by Gasteiger charge is -2.20. The summed E-state index contributed by atoms with van der Waals surface area (Å²) in [5.74, 6) is -0.999. The molecule has 0 aromatic heterocycles. The third-order valence-corrected chi connectivity index (χ3v) is 8.55. The van der Waals surface area contributed by atoms with Gasteiger partial charge in [0.25, 0.3) is 0 Å². The molecule has 0 rings (SSSR count). The number of aliphatic hydroxyl groups excluding tert-OH is 2. The van der Waals surface area contributed by atoms with Gasteiger partial charge in [-0.3, -0.25) is 18.6 Å². The smallest absolute Gasteiger partial charge is 0.462 e. The zero-order valence-electron chi connectivity index (χ0n) is 32.0. The molecule has 0 aromatic rings. The van der Waals surface area contributed by atoms with Gasteiger partial charge in [-0.25, -0.2) is 4.57 Å². The second kappa shape index (κ2) is 36.8. The van der Waals surface area contributed by atoms with Crippen LogP contribution in [-0.2, 0) is 32.7 Å². The Morgan fingerprint density at radius 1 is 0.596 bits per heavy atom. The maximum atomic E-state index is 12.6. The molecule has 0 bridgehead atoms. The molecule has 0 saturated heterocycles. The number of esters is 2. The standard InChI is InChI=1S/C41H69O10P/c1-3-5-7-9-11-13-15-17-19-21-22-24-26-28-30-32-40(44)48-36-39(37-50-52(46,47)49-35-38(43)34-42)51-41(45)33-31-29-27-25-23-20-18-16-14-12-10-8-6-4-2/h5,7,10-13,16-19,22,24,38-39,42-43H,3-4,6,8-9,14-15,20-21,23,25-37H2,1-2H3,(H,46,47)/b7-5-,12-10-,13-11-,18-16-,19-17-,24-22-/t38-,39+/m0/s1. The van der Waals surface area contributed by atoms with Crippen LogP contribution in [-0.4, -0.2) is 65.7 Å². The quantitative estimate of drug-likeness (QED) is 0.0247. The number of hydrogen-bond donors (Lipinski definition) is 3. The van der Waals surface area contributed by atoms with Crippen LogP contribution in [0.4, 0.5) is 0 Å². The zero-order valence-corrected chi connectivity index (χ0v) is 32.9. The van der Waals surface area contributed by atoms with E-state index in [1.807, 2.05) is 0 Å². The van der Waals surface area contributed by atoms with Crippen molar-refractivity contribution in [2.75, 3.05) is 26.4 Å². The average Bonchev–Trinajstić information content (AvgIpc) is 3.13. The second-order valence-corrected chi connectivity index (χ2v) is 14.0. The van der Waals surface area contributed by atoms with E-state index in [0.717, 1.165) is 83.5 Å². The lowest BCUT2D eigenvalue weighted by Crippen LogP contribution is -2.29. The van der Waals surface area contributed by atoms with Crippen LogP contribution >= 0.6 is 7.82 Å². The summed E-state index contributed by atoms with van der Waals surface area (Å²) in [6, 6.07) is 0. The number of rotatable bonds is 35. The summed E-state index contributed by atoms with van der Waals surface area (Å²) in [4.78, 5) is 34.8. The van der Waals surface area contributed by atoms with Crippen LogP contribution in [0.3, 0.4) is 0 Å². The van der Waals surface area contributed by atoms with E-state index in [9.17, 15) is 24.2 Å². The van der Waals surface area contributed by atoms with Gasteiger partial charge < -0.3 is 24.6 Å². The van der Waals surface area contributed by atoms with Crippen molar-refractivity contribution in [3.8, 4) is 0 Å². The van der Waals surface area contributed by atoms with Crippen molar-refractivity contribution in [1.82, 2.24) is 0 Å². The van der Waals surface area contributed by atoms with Gasteiger partial charge in [-0.2, -0.15) is 0 Å². The Balaban J connectivity index is 4.47. The van der Waals surface area contributed by atoms with E-state index in [4.69, 9.17) is 19.1 Å². The minimum Gasteiger partial charge on any atom is -0.462 e. The topological polar surface area (TPSA) is 149 Å². The van der Waals surface area contributed by atoms with Crippen molar-refractivity contribution in [2.45, 2.75) is 148 Å². The highest BCUT2D eigenvalue weighted by Crippen LogP contribution is 2.43. The number of hydrogen-bond acceptors (Lipinski definition) is 9. The molecule has 52 heavy (non-hydrogen) atoms. The highest BCUT2D eigenvalue weighted by Gasteiger charge is 2.27. The predicted octanol–water partition coefficient (Wildman–Crippen LogP) is 9.72. The highest BCUT2D eigenvalue weighted by atomic mass is 31.2. The summed E-state index contributed by atoms with van der Waals surface area (Å²) in [7, 11) is -4.63. The van der Waals surface area contributed by atoms with Crippen LogP contribution in [0.2, 0.25) is 0 Å². The van der Waals surface area contributed by atoms with Crippen LogP contribution < -0.4 is 0 Å². The Morgan fingerprint density at radius 3 is 1.63 bits per heavy atom. The molecule has 0 aliphatic heterocycles. The van der Waals surface area contributed by atoms with Crippen molar-refractivity contribution < 1.29 is 47.8 Å². The Morgan fingerprint density at radius 2 is 1.06 bits per heavy atom. The predicted molar refractivity (Wildman–Crippen MR) is 210 cm³/mol. The summed E-state index contributed by atoms with van der Waals surface area (Å²) in [6.45, 7) is 2.12. The van der Waals surface area contributed by atoms with Crippen LogP contribution in [0.1, 0.15) is 136 Å². The average molecular weight is 753 g/mol. The van der Waals surface area contributed by atoms with Gasteiger partial charge in [-0.05, 0) is 77.0 Å².